The molecule has 2 aromatic carbocycles. The molecule has 0 saturated carbocycles. The molecule has 0 fully saturated rings. The van der Waals surface area contributed by atoms with Gasteiger partial charge in [0.1, 0.15) is 11.5 Å². The number of aliphatic hydroxyl groups excluding tert-OH is 2. The molecule has 4 nitrogen and oxygen atoms in total. The first kappa shape index (κ1) is 27.2. The highest BCUT2D eigenvalue weighted by molar-refractivity contribution is 5.53. The van der Waals surface area contributed by atoms with E-state index in [9.17, 15) is 20.4 Å². The van der Waals surface area contributed by atoms with Gasteiger partial charge < -0.3 is 20.4 Å². The smallest absolute Gasteiger partial charge is 0.122 e. The molecule has 0 amide bonds. The maximum Gasteiger partial charge on any atom is 0.122 e. The largest absolute Gasteiger partial charge is 0.507 e. The van der Waals surface area contributed by atoms with Gasteiger partial charge in [-0.05, 0) is 71.6 Å². The zero-order chi connectivity index (χ0) is 24.8. The summed E-state index contributed by atoms with van der Waals surface area (Å²) in [5.41, 5.74) is 5.26. The number of phenolic OH excluding ortho intramolecular Hbond substituents is 2. The van der Waals surface area contributed by atoms with Gasteiger partial charge in [0.15, 0.2) is 0 Å². The predicted octanol–water partition coefficient (Wildman–Crippen LogP) is 5.91. The number of aromatic hydroxyl groups is 2. The van der Waals surface area contributed by atoms with Crippen LogP contribution in [0.5, 0.6) is 11.5 Å². The molecule has 0 spiro atoms. The van der Waals surface area contributed by atoms with Gasteiger partial charge in [0.25, 0.3) is 0 Å². The molecular formula is C29H44O4. The second-order valence-corrected chi connectivity index (χ2v) is 10.6. The number of benzene rings is 2. The molecular weight excluding hydrogens is 412 g/mol. The van der Waals surface area contributed by atoms with Crippen LogP contribution < -0.4 is 0 Å². The maximum absolute atomic E-state index is 11.3. The van der Waals surface area contributed by atoms with Crippen LogP contribution in [0.3, 0.4) is 0 Å². The second kappa shape index (κ2) is 11.4. The third-order valence-electron chi connectivity index (χ3n) is 7.35. The molecule has 0 aliphatic rings. The average Bonchev–Trinajstić information content (AvgIpc) is 2.79. The zero-order valence-corrected chi connectivity index (χ0v) is 21.5. The molecule has 184 valence electrons. The summed E-state index contributed by atoms with van der Waals surface area (Å²) >= 11 is 0. The van der Waals surface area contributed by atoms with Crippen LogP contribution >= 0.6 is 0 Å². The Morgan fingerprint density at radius 3 is 1.30 bits per heavy atom. The van der Waals surface area contributed by atoms with Crippen LogP contribution in [-0.4, -0.2) is 33.6 Å². The van der Waals surface area contributed by atoms with Crippen molar-refractivity contribution in [3.05, 3.63) is 57.6 Å². The molecule has 4 heteroatoms. The quantitative estimate of drug-likeness (QED) is 0.320. The maximum atomic E-state index is 11.3. The lowest BCUT2D eigenvalue weighted by atomic mass is 9.78. The molecule has 0 atom stereocenters. The third-order valence-corrected chi connectivity index (χ3v) is 7.35. The monoisotopic (exact) mass is 456 g/mol. The molecule has 0 unspecified atom stereocenters. The van der Waals surface area contributed by atoms with Crippen LogP contribution in [0.4, 0.5) is 0 Å². The lowest BCUT2D eigenvalue weighted by molar-refractivity contribution is 0.288. The summed E-state index contributed by atoms with van der Waals surface area (Å²) in [6.45, 7) is 13.0. The number of aryl methyl sites for hydroxylation is 2. The van der Waals surface area contributed by atoms with Gasteiger partial charge in [-0.15, -0.1) is 0 Å². The molecule has 0 bridgehead atoms. The van der Waals surface area contributed by atoms with Gasteiger partial charge in [-0.3, -0.25) is 0 Å². The number of hydrogen-bond donors (Lipinski definition) is 4. The molecule has 0 heterocycles. The first-order chi connectivity index (χ1) is 15.5. The fourth-order valence-corrected chi connectivity index (χ4v) is 4.26. The van der Waals surface area contributed by atoms with Gasteiger partial charge >= 0.3 is 0 Å². The summed E-state index contributed by atoms with van der Waals surface area (Å²) in [6.07, 6.45) is 5.04. The van der Waals surface area contributed by atoms with E-state index in [4.69, 9.17) is 0 Å². The van der Waals surface area contributed by atoms with Crippen LogP contribution in [-0.2, 0) is 30.1 Å². The van der Waals surface area contributed by atoms with Crippen molar-refractivity contribution < 1.29 is 20.4 Å². The summed E-state index contributed by atoms with van der Waals surface area (Å²) in [7, 11) is 0. The number of hydrogen-bond acceptors (Lipinski definition) is 4. The Bertz CT molecular complexity index is 852. The van der Waals surface area contributed by atoms with E-state index < -0.39 is 0 Å². The van der Waals surface area contributed by atoms with Crippen molar-refractivity contribution in [2.75, 3.05) is 13.2 Å². The van der Waals surface area contributed by atoms with Gasteiger partial charge in [-0.2, -0.15) is 0 Å². The van der Waals surface area contributed by atoms with Crippen molar-refractivity contribution >= 4 is 0 Å². The highest BCUT2D eigenvalue weighted by Gasteiger charge is 2.27. The van der Waals surface area contributed by atoms with Gasteiger partial charge in [0, 0.05) is 30.8 Å². The topological polar surface area (TPSA) is 80.9 Å². The number of phenols is 2. The normalized spacial score (nSPS) is 12.4. The first-order valence-corrected chi connectivity index (χ1v) is 12.4. The predicted molar refractivity (Wildman–Crippen MR) is 136 cm³/mol. The average molecular weight is 457 g/mol. The van der Waals surface area contributed by atoms with E-state index in [-0.39, 0.29) is 24.0 Å². The third kappa shape index (κ3) is 6.51. The van der Waals surface area contributed by atoms with Crippen molar-refractivity contribution in [3.63, 3.8) is 0 Å². The van der Waals surface area contributed by atoms with E-state index in [1.54, 1.807) is 0 Å². The number of rotatable bonds is 12. The molecule has 0 aliphatic carbocycles. The van der Waals surface area contributed by atoms with Crippen LogP contribution in [0.2, 0.25) is 0 Å². The highest BCUT2D eigenvalue weighted by Crippen LogP contribution is 2.41. The van der Waals surface area contributed by atoms with E-state index >= 15 is 0 Å². The highest BCUT2D eigenvalue weighted by atomic mass is 16.3. The minimum absolute atomic E-state index is 0.131. The van der Waals surface area contributed by atoms with Crippen molar-refractivity contribution in [1.29, 1.82) is 0 Å². The van der Waals surface area contributed by atoms with E-state index in [1.807, 2.05) is 12.1 Å². The molecule has 0 aromatic heterocycles. The van der Waals surface area contributed by atoms with E-state index in [0.717, 1.165) is 59.1 Å². The van der Waals surface area contributed by atoms with Crippen LogP contribution in [0, 0.1) is 0 Å². The summed E-state index contributed by atoms with van der Waals surface area (Å²) in [5, 5.41) is 41.2. The molecule has 0 saturated heterocycles. The van der Waals surface area contributed by atoms with Crippen LogP contribution in [0.1, 0.15) is 101 Å². The van der Waals surface area contributed by atoms with E-state index in [1.165, 1.54) is 0 Å². The van der Waals surface area contributed by atoms with Gasteiger partial charge in [0.05, 0.1) is 0 Å². The van der Waals surface area contributed by atoms with E-state index in [2.05, 4.69) is 53.7 Å². The lowest BCUT2D eigenvalue weighted by Gasteiger charge is -2.28. The summed E-state index contributed by atoms with van der Waals surface area (Å²) in [6, 6.07) is 8.18. The molecule has 4 N–H and O–H groups in total. The molecule has 2 aromatic rings. The van der Waals surface area contributed by atoms with Crippen molar-refractivity contribution in [3.8, 4) is 11.5 Å². The number of aliphatic hydroxyl groups is 2. The Morgan fingerprint density at radius 2 is 1.00 bits per heavy atom. The minimum atomic E-state index is -0.186. The van der Waals surface area contributed by atoms with Crippen molar-refractivity contribution in [2.24, 2.45) is 0 Å². The molecule has 0 radical (unpaired) electrons. The van der Waals surface area contributed by atoms with Gasteiger partial charge in [-0.1, -0.05) is 65.8 Å². The van der Waals surface area contributed by atoms with Gasteiger partial charge in [0.2, 0.25) is 0 Å². The lowest BCUT2D eigenvalue weighted by Crippen LogP contribution is -2.18. The van der Waals surface area contributed by atoms with Crippen LogP contribution in [0.15, 0.2) is 24.3 Å². The van der Waals surface area contributed by atoms with Crippen molar-refractivity contribution in [2.45, 2.75) is 97.3 Å². The standard InChI is InChI=1S/C29H44O4/c1-7-28(3,4)24-17-20(11-9-13-30)15-22(26(24)32)19-23-16-21(12-10-14-31)18-25(27(23)33)29(5,6)8-2/h15-18,30-33H,7-14,19H2,1-6H3. The van der Waals surface area contributed by atoms with Crippen molar-refractivity contribution in [1.82, 2.24) is 0 Å². The second-order valence-electron chi connectivity index (χ2n) is 10.6. The van der Waals surface area contributed by atoms with Crippen LogP contribution in [0.25, 0.3) is 0 Å². The fraction of sp³-hybridized carbons (Fsp3) is 0.586. The van der Waals surface area contributed by atoms with E-state index in [0.29, 0.717) is 30.8 Å². The fourth-order valence-electron chi connectivity index (χ4n) is 4.26. The first-order valence-electron chi connectivity index (χ1n) is 12.4. The summed E-state index contributed by atoms with van der Waals surface area (Å²) in [5.74, 6) is 0.595. The Balaban J connectivity index is 2.64. The Hall–Kier alpha value is -2.04. The Labute approximate surface area is 200 Å². The Morgan fingerprint density at radius 1 is 0.636 bits per heavy atom. The molecule has 2 rings (SSSR count). The summed E-state index contributed by atoms with van der Waals surface area (Å²) in [4.78, 5) is 0. The summed E-state index contributed by atoms with van der Waals surface area (Å²) < 4.78 is 0. The molecule has 0 aliphatic heterocycles. The van der Waals surface area contributed by atoms with Gasteiger partial charge in [-0.25, -0.2) is 0 Å². The zero-order valence-electron chi connectivity index (χ0n) is 21.5. The molecule has 33 heavy (non-hydrogen) atoms. The SMILES string of the molecule is CCC(C)(C)c1cc(CCCO)cc(Cc2cc(CCCO)cc(C(C)(C)CC)c2O)c1O. The minimum Gasteiger partial charge on any atom is -0.507 e. The Kier molecular flexibility index (Phi) is 9.39.